The number of aliphatic imine (C=N–C) groups is 1. The van der Waals surface area contributed by atoms with E-state index in [4.69, 9.17) is 4.74 Å². The molecule has 0 bridgehead atoms. The second-order valence-corrected chi connectivity index (χ2v) is 5.92. The number of hydrogen-bond acceptors (Lipinski definition) is 3. The number of ether oxygens (including phenoxy) is 1. The van der Waals surface area contributed by atoms with E-state index in [0.29, 0.717) is 0 Å². The maximum Gasteiger partial charge on any atom is 0.191 e. The number of guanidine groups is 1. The van der Waals surface area contributed by atoms with Gasteiger partial charge in [0.2, 0.25) is 0 Å². The molecule has 25 heavy (non-hydrogen) atoms. The molecular weight excluding hydrogens is 312 g/mol. The Hall–Kier alpha value is -2.53. The van der Waals surface area contributed by atoms with Crippen molar-refractivity contribution < 1.29 is 4.74 Å². The summed E-state index contributed by atoms with van der Waals surface area (Å²) in [5, 5.41) is 6.68. The molecule has 0 amide bonds. The lowest BCUT2D eigenvalue weighted by atomic mass is 10.2. The zero-order valence-electron chi connectivity index (χ0n) is 15.3. The van der Waals surface area contributed by atoms with Gasteiger partial charge in [0.15, 0.2) is 5.96 Å². The lowest BCUT2D eigenvalue weighted by Crippen LogP contribution is -2.40. The van der Waals surface area contributed by atoms with Gasteiger partial charge in [-0.2, -0.15) is 0 Å². The highest BCUT2D eigenvalue weighted by atomic mass is 16.5. The van der Waals surface area contributed by atoms with Gasteiger partial charge in [-0.05, 0) is 30.3 Å². The number of nitrogens with one attached hydrogen (secondary N) is 2. The fourth-order valence-corrected chi connectivity index (χ4v) is 2.49. The van der Waals surface area contributed by atoms with E-state index in [-0.39, 0.29) is 0 Å². The molecule has 0 unspecified atom stereocenters. The fourth-order valence-electron chi connectivity index (χ4n) is 2.49. The average molecular weight is 340 g/mol. The standard InChI is InChI=1S/C20H28N4O/c1-21-20(23-15-17-9-11-19(25-3)12-10-17)22-13-14-24(2)16-18-7-5-4-6-8-18/h4-12H,13-16H2,1-3H3,(H2,21,22,23). The van der Waals surface area contributed by atoms with Gasteiger partial charge in [0.05, 0.1) is 7.11 Å². The third kappa shape index (κ3) is 6.85. The van der Waals surface area contributed by atoms with Gasteiger partial charge in [-0.1, -0.05) is 42.5 Å². The Morgan fingerprint density at radius 3 is 2.36 bits per heavy atom. The summed E-state index contributed by atoms with van der Waals surface area (Å²) in [5.41, 5.74) is 2.51. The molecule has 0 aliphatic heterocycles. The second-order valence-electron chi connectivity index (χ2n) is 5.92. The van der Waals surface area contributed by atoms with Crippen LogP contribution in [-0.2, 0) is 13.1 Å². The molecule has 0 aliphatic rings. The maximum absolute atomic E-state index is 5.17. The van der Waals surface area contributed by atoms with Crippen molar-refractivity contribution in [2.75, 3.05) is 34.3 Å². The van der Waals surface area contributed by atoms with Gasteiger partial charge in [0.25, 0.3) is 0 Å². The van der Waals surface area contributed by atoms with Crippen molar-refractivity contribution >= 4 is 5.96 Å². The van der Waals surface area contributed by atoms with Crippen LogP contribution in [0.5, 0.6) is 5.75 Å². The van der Waals surface area contributed by atoms with E-state index in [1.54, 1.807) is 14.2 Å². The Balaban J connectivity index is 1.69. The van der Waals surface area contributed by atoms with Gasteiger partial charge in [-0.25, -0.2) is 0 Å². The molecule has 2 N–H and O–H groups in total. The molecule has 0 saturated carbocycles. The third-order valence-electron chi connectivity index (χ3n) is 3.92. The third-order valence-corrected chi connectivity index (χ3v) is 3.92. The molecule has 134 valence electrons. The van der Waals surface area contributed by atoms with Crippen molar-refractivity contribution in [3.63, 3.8) is 0 Å². The predicted octanol–water partition coefficient (Wildman–Crippen LogP) is 2.49. The molecule has 2 aromatic rings. The molecule has 0 aliphatic carbocycles. The molecule has 5 heteroatoms. The Bertz CT molecular complexity index is 641. The first-order valence-corrected chi connectivity index (χ1v) is 8.51. The summed E-state index contributed by atoms with van der Waals surface area (Å²) in [6.45, 7) is 3.45. The first kappa shape index (κ1) is 18.8. The van der Waals surface area contributed by atoms with Crippen LogP contribution in [0.15, 0.2) is 59.6 Å². The summed E-state index contributed by atoms with van der Waals surface area (Å²) in [4.78, 5) is 6.56. The SMILES string of the molecule is CN=C(NCCN(C)Cc1ccccc1)NCc1ccc(OC)cc1. The number of methoxy groups -OCH3 is 1. The Kier molecular flexibility index (Phi) is 7.79. The predicted molar refractivity (Wildman–Crippen MR) is 104 cm³/mol. The minimum Gasteiger partial charge on any atom is -0.497 e. The van der Waals surface area contributed by atoms with Gasteiger partial charge in [0, 0.05) is 33.2 Å². The van der Waals surface area contributed by atoms with Crippen molar-refractivity contribution in [2.45, 2.75) is 13.1 Å². The minimum absolute atomic E-state index is 0.726. The van der Waals surface area contributed by atoms with Crippen molar-refractivity contribution in [1.82, 2.24) is 15.5 Å². The summed E-state index contributed by atoms with van der Waals surface area (Å²) in [7, 11) is 5.59. The second kappa shape index (κ2) is 10.4. The van der Waals surface area contributed by atoms with E-state index in [1.165, 1.54) is 11.1 Å². The number of benzene rings is 2. The molecule has 0 fully saturated rings. The molecule has 2 rings (SSSR count). The Labute approximate surface area is 150 Å². The molecule has 0 radical (unpaired) electrons. The Morgan fingerprint density at radius 2 is 1.72 bits per heavy atom. The van der Waals surface area contributed by atoms with E-state index >= 15 is 0 Å². The van der Waals surface area contributed by atoms with Gasteiger partial charge < -0.3 is 20.3 Å². The smallest absolute Gasteiger partial charge is 0.191 e. The fraction of sp³-hybridized carbons (Fsp3) is 0.350. The summed E-state index contributed by atoms with van der Waals surface area (Å²) in [6.07, 6.45) is 0. The largest absolute Gasteiger partial charge is 0.497 e. The topological polar surface area (TPSA) is 48.9 Å². The van der Waals surface area contributed by atoms with E-state index in [1.807, 2.05) is 30.3 Å². The van der Waals surface area contributed by atoms with Crippen LogP contribution in [0, 0.1) is 0 Å². The summed E-state index contributed by atoms with van der Waals surface area (Å²) in [6, 6.07) is 18.5. The van der Waals surface area contributed by atoms with Gasteiger partial charge in [0.1, 0.15) is 5.75 Å². The van der Waals surface area contributed by atoms with Crippen molar-refractivity contribution in [2.24, 2.45) is 4.99 Å². The monoisotopic (exact) mass is 340 g/mol. The summed E-state index contributed by atoms with van der Waals surface area (Å²) in [5.74, 6) is 1.68. The van der Waals surface area contributed by atoms with Crippen LogP contribution in [0.25, 0.3) is 0 Å². The number of hydrogen-bond donors (Lipinski definition) is 2. The van der Waals surface area contributed by atoms with E-state index in [2.05, 4.69) is 51.8 Å². The summed E-state index contributed by atoms with van der Waals surface area (Å²) >= 11 is 0. The van der Waals surface area contributed by atoms with Gasteiger partial charge in [-0.15, -0.1) is 0 Å². The molecule has 0 spiro atoms. The number of nitrogens with zero attached hydrogens (tertiary/aromatic N) is 2. The highest BCUT2D eigenvalue weighted by Crippen LogP contribution is 2.10. The van der Waals surface area contributed by atoms with Crippen LogP contribution in [0.4, 0.5) is 0 Å². The zero-order valence-corrected chi connectivity index (χ0v) is 15.3. The molecule has 0 aromatic heterocycles. The van der Waals surface area contributed by atoms with E-state index in [9.17, 15) is 0 Å². The van der Waals surface area contributed by atoms with Crippen molar-refractivity contribution in [1.29, 1.82) is 0 Å². The molecule has 0 atom stereocenters. The molecule has 0 heterocycles. The van der Waals surface area contributed by atoms with E-state index < -0.39 is 0 Å². The maximum atomic E-state index is 5.17. The molecule has 2 aromatic carbocycles. The van der Waals surface area contributed by atoms with Crippen LogP contribution >= 0.6 is 0 Å². The van der Waals surface area contributed by atoms with Crippen LogP contribution in [0.3, 0.4) is 0 Å². The van der Waals surface area contributed by atoms with Crippen molar-refractivity contribution in [3.05, 3.63) is 65.7 Å². The van der Waals surface area contributed by atoms with Gasteiger partial charge >= 0.3 is 0 Å². The van der Waals surface area contributed by atoms with Crippen LogP contribution in [0.2, 0.25) is 0 Å². The lowest BCUT2D eigenvalue weighted by molar-refractivity contribution is 0.331. The number of rotatable bonds is 8. The van der Waals surface area contributed by atoms with Crippen LogP contribution < -0.4 is 15.4 Å². The normalized spacial score (nSPS) is 11.4. The number of likely N-dealkylation sites (N-methyl/N-ethyl adjacent to an activating group) is 1. The molecule has 5 nitrogen and oxygen atoms in total. The van der Waals surface area contributed by atoms with Crippen LogP contribution in [0.1, 0.15) is 11.1 Å². The highest BCUT2D eigenvalue weighted by Gasteiger charge is 2.02. The quantitative estimate of drug-likeness (QED) is 0.573. The average Bonchev–Trinajstić information content (AvgIpc) is 2.65. The minimum atomic E-state index is 0.726. The van der Waals surface area contributed by atoms with Gasteiger partial charge in [-0.3, -0.25) is 4.99 Å². The van der Waals surface area contributed by atoms with Crippen LogP contribution in [-0.4, -0.2) is 45.2 Å². The first-order valence-electron chi connectivity index (χ1n) is 8.51. The lowest BCUT2D eigenvalue weighted by Gasteiger charge is -2.18. The Morgan fingerprint density at radius 1 is 1.00 bits per heavy atom. The zero-order chi connectivity index (χ0) is 17.9. The first-order chi connectivity index (χ1) is 12.2. The van der Waals surface area contributed by atoms with E-state index in [0.717, 1.165) is 37.9 Å². The summed E-state index contributed by atoms with van der Waals surface area (Å²) < 4.78 is 5.17. The highest BCUT2D eigenvalue weighted by molar-refractivity contribution is 5.79. The van der Waals surface area contributed by atoms with Crippen molar-refractivity contribution in [3.8, 4) is 5.75 Å². The molecular formula is C20H28N4O. The molecule has 0 saturated heterocycles.